The van der Waals surface area contributed by atoms with Gasteiger partial charge < -0.3 is 10.1 Å². The Bertz CT molecular complexity index is 884. The molecular weight excluding hydrogens is 359 g/mol. The van der Waals surface area contributed by atoms with Gasteiger partial charge >= 0.3 is 0 Å². The van der Waals surface area contributed by atoms with Crippen molar-refractivity contribution in [3.63, 3.8) is 0 Å². The normalized spacial score (nSPS) is 11.3. The number of carbonyl (C=O) groups is 1. The van der Waals surface area contributed by atoms with Crippen LogP contribution in [-0.4, -0.2) is 33.2 Å². The van der Waals surface area contributed by atoms with Crippen LogP contribution in [0.15, 0.2) is 48.5 Å². The monoisotopic (exact) mass is 380 g/mol. The molecular formula is C18H21FN2O4S. The fourth-order valence-electron chi connectivity index (χ4n) is 2.29. The fourth-order valence-corrected chi connectivity index (χ4v) is 3.14. The number of rotatable bonds is 7. The molecule has 0 bridgehead atoms. The first-order chi connectivity index (χ1) is 12.2. The summed E-state index contributed by atoms with van der Waals surface area (Å²) < 4.78 is 44.3. The van der Waals surface area contributed by atoms with Crippen molar-refractivity contribution in [2.45, 2.75) is 20.0 Å². The van der Waals surface area contributed by atoms with Crippen molar-refractivity contribution < 1.29 is 22.3 Å². The van der Waals surface area contributed by atoms with Crippen LogP contribution in [0.5, 0.6) is 5.75 Å². The third kappa shape index (κ3) is 5.45. The molecule has 1 amide bonds. The lowest BCUT2D eigenvalue weighted by Gasteiger charge is -2.22. The van der Waals surface area contributed by atoms with E-state index in [4.69, 9.17) is 4.74 Å². The summed E-state index contributed by atoms with van der Waals surface area (Å²) in [4.78, 5) is 12.3. The quantitative estimate of drug-likeness (QED) is 0.801. The van der Waals surface area contributed by atoms with Crippen LogP contribution in [0.1, 0.15) is 13.8 Å². The highest BCUT2D eigenvalue weighted by atomic mass is 32.2. The lowest BCUT2D eigenvalue weighted by Crippen LogP contribution is -2.38. The van der Waals surface area contributed by atoms with E-state index in [0.29, 0.717) is 11.4 Å². The maximum absolute atomic E-state index is 14.0. The van der Waals surface area contributed by atoms with Crippen molar-refractivity contribution in [1.29, 1.82) is 0 Å². The van der Waals surface area contributed by atoms with Crippen molar-refractivity contribution >= 4 is 27.3 Å². The summed E-state index contributed by atoms with van der Waals surface area (Å²) in [7, 11) is -3.84. The molecule has 0 spiro atoms. The molecule has 0 aliphatic heterocycles. The van der Waals surface area contributed by atoms with Gasteiger partial charge in [0.05, 0.1) is 18.0 Å². The number of ether oxygens (including phenoxy) is 1. The lowest BCUT2D eigenvalue weighted by molar-refractivity contribution is -0.114. The van der Waals surface area contributed by atoms with Gasteiger partial charge in [0, 0.05) is 11.8 Å². The average Bonchev–Trinajstić information content (AvgIpc) is 2.52. The molecule has 2 aromatic rings. The van der Waals surface area contributed by atoms with Gasteiger partial charge in [0.2, 0.25) is 15.9 Å². The predicted octanol–water partition coefficient (Wildman–Crippen LogP) is 3.02. The van der Waals surface area contributed by atoms with Gasteiger partial charge in [-0.15, -0.1) is 0 Å². The molecule has 0 fully saturated rings. The first kappa shape index (κ1) is 19.7. The zero-order valence-corrected chi connectivity index (χ0v) is 15.6. The van der Waals surface area contributed by atoms with E-state index in [1.165, 1.54) is 18.2 Å². The summed E-state index contributed by atoms with van der Waals surface area (Å²) in [5.41, 5.74) is 0.275. The second-order valence-electron chi connectivity index (χ2n) is 5.96. The molecule has 0 unspecified atom stereocenters. The highest BCUT2D eigenvalue weighted by Gasteiger charge is 2.23. The average molecular weight is 380 g/mol. The minimum absolute atomic E-state index is 0.0252. The van der Waals surface area contributed by atoms with Crippen molar-refractivity contribution in [3.8, 4) is 5.75 Å². The lowest BCUT2D eigenvalue weighted by atomic mass is 10.3. The Kier molecular flexibility index (Phi) is 6.20. The molecule has 0 saturated heterocycles. The molecule has 6 nitrogen and oxygen atoms in total. The molecule has 0 saturated carbocycles. The van der Waals surface area contributed by atoms with Gasteiger partial charge in [-0.05, 0) is 38.1 Å². The summed E-state index contributed by atoms with van der Waals surface area (Å²) in [6.07, 6.45) is 0.895. The smallest absolute Gasteiger partial charge is 0.245 e. The number of nitrogens with zero attached hydrogens (tertiary/aromatic N) is 1. The molecule has 2 rings (SSSR count). The van der Waals surface area contributed by atoms with Gasteiger partial charge in [-0.2, -0.15) is 0 Å². The van der Waals surface area contributed by atoms with Crippen LogP contribution in [-0.2, 0) is 14.8 Å². The summed E-state index contributed by atoms with van der Waals surface area (Å²) in [6.45, 7) is 3.21. The number of halogens is 1. The molecule has 2 aromatic carbocycles. The first-order valence-corrected chi connectivity index (χ1v) is 9.80. The van der Waals surface area contributed by atoms with Gasteiger partial charge in [0.25, 0.3) is 0 Å². The molecule has 0 heterocycles. The third-order valence-corrected chi connectivity index (χ3v) is 4.42. The Morgan fingerprint density at radius 3 is 2.50 bits per heavy atom. The second-order valence-corrected chi connectivity index (χ2v) is 7.87. The number of sulfonamides is 1. The SMILES string of the molecule is CC(C)Oc1cccc(NC(=O)CN(c2ccccc2F)S(C)(=O)=O)c1. The Morgan fingerprint density at radius 2 is 1.88 bits per heavy atom. The highest BCUT2D eigenvalue weighted by Crippen LogP contribution is 2.22. The summed E-state index contributed by atoms with van der Waals surface area (Å²) in [6, 6.07) is 12.1. The van der Waals surface area contributed by atoms with Crippen molar-refractivity contribution in [3.05, 3.63) is 54.3 Å². The summed E-state index contributed by atoms with van der Waals surface area (Å²) >= 11 is 0. The predicted molar refractivity (Wildman–Crippen MR) is 99.4 cm³/mol. The number of anilines is 2. The second kappa shape index (κ2) is 8.18. The number of benzene rings is 2. The van der Waals surface area contributed by atoms with Crippen molar-refractivity contribution in [2.75, 3.05) is 22.4 Å². The topological polar surface area (TPSA) is 75.7 Å². The van der Waals surface area contributed by atoms with Gasteiger partial charge in [-0.1, -0.05) is 18.2 Å². The Morgan fingerprint density at radius 1 is 1.19 bits per heavy atom. The molecule has 1 N–H and O–H groups in total. The van der Waals surface area contributed by atoms with E-state index in [9.17, 15) is 17.6 Å². The van der Waals surface area contributed by atoms with Crippen LogP contribution < -0.4 is 14.4 Å². The molecule has 0 radical (unpaired) electrons. The van der Waals surface area contributed by atoms with E-state index < -0.39 is 28.3 Å². The maximum atomic E-state index is 14.0. The number of carbonyl (C=O) groups excluding carboxylic acids is 1. The van der Waals surface area contributed by atoms with E-state index in [-0.39, 0.29) is 11.8 Å². The minimum atomic E-state index is -3.84. The van der Waals surface area contributed by atoms with E-state index >= 15 is 0 Å². The van der Waals surface area contributed by atoms with Crippen LogP contribution in [0.25, 0.3) is 0 Å². The maximum Gasteiger partial charge on any atom is 0.245 e. The number of amides is 1. The Hall–Kier alpha value is -2.61. The van der Waals surface area contributed by atoms with Gasteiger partial charge in [-0.25, -0.2) is 12.8 Å². The van der Waals surface area contributed by atoms with Crippen LogP contribution in [0.3, 0.4) is 0 Å². The zero-order chi connectivity index (χ0) is 19.3. The summed E-state index contributed by atoms with van der Waals surface area (Å²) in [5.74, 6) is -0.745. The van der Waals surface area contributed by atoms with E-state index in [1.54, 1.807) is 24.3 Å². The summed E-state index contributed by atoms with van der Waals surface area (Å²) in [5, 5.41) is 2.60. The molecule has 0 aliphatic carbocycles. The van der Waals surface area contributed by atoms with Crippen molar-refractivity contribution in [1.82, 2.24) is 0 Å². The Balaban J connectivity index is 2.17. The van der Waals surface area contributed by atoms with Gasteiger partial charge in [0.15, 0.2) is 0 Å². The van der Waals surface area contributed by atoms with E-state index in [0.717, 1.165) is 16.6 Å². The molecule has 26 heavy (non-hydrogen) atoms. The molecule has 0 aromatic heterocycles. The molecule has 0 aliphatic rings. The molecule has 140 valence electrons. The highest BCUT2D eigenvalue weighted by molar-refractivity contribution is 7.92. The van der Waals surface area contributed by atoms with Crippen LogP contribution in [0, 0.1) is 5.82 Å². The van der Waals surface area contributed by atoms with Crippen LogP contribution in [0.2, 0.25) is 0 Å². The Labute approximate surface area is 152 Å². The third-order valence-electron chi connectivity index (χ3n) is 3.30. The largest absolute Gasteiger partial charge is 0.491 e. The standard InChI is InChI=1S/C18H21FN2O4S/c1-13(2)25-15-8-6-7-14(11-15)20-18(22)12-21(26(3,23)24)17-10-5-4-9-16(17)19/h4-11,13H,12H2,1-3H3,(H,20,22). The fraction of sp³-hybridized carbons (Fsp3) is 0.278. The number of hydrogen-bond donors (Lipinski definition) is 1. The number of para-hydroxylation sites is 1. The van der Waals surface area contributed by atoms with Crippen LogP contribution >= 0.6 is 0 Å². The van der Waals surface area contributed by atoms with E-state index in [2.05, 4.69) is 5.32 Å². The zero-order valence-electron chi connectivity index (χ0n) is 14.8. The molecule has 0 atom stereocenters. The van der Waals surface area contributed by atoms with Crippen LogP contribution in [0.4, 0.5) is 15.8 Å². The van der Waals surface area contributed by atoms with Gasteiger partial charge in [-0.3, -0.25) is 9.10 Å². The number of hydrogen-bond acceptors (Lipinski definition) is 4. The molecule has 8 heteroatoms. The number of nitrogens with one attached hydrogen (secondary N) is 1. The van der Waals surface area contributed by atoms with Crippen molar-refractivity contribution in [2.24, 2.45) is 0 Å². The first-order valence-electron chi connectivity index (χ1n) is 7.95. The minimum Gasteiger partial charge on any atom is -0.491 e. The van der Waals surface area contributed by atoms with Gasteiger partial charge in [0.1, 0.15) is 18.1 Å². The van der Waals surface area contributed by atoms with E-state index in [1.807, 2.05) is 13.8 Å².